The van der Waals surface area contributed by atoms with Crippen molar-refractivity contribution in [2.45, 2.75) is 38.8 Å². The molecule has 51 heavy (non-hydrogen) atoms. The Morgan fingerprint density at radius 2 is 1.47 bits per heavy atom. The van der Waals surface area contributed by atoms with Crippen LogP contribution in [-0.4, -0.2) is 43.6 Å². The van der Waals surface area contributed by atoms with Crippen LogP contribution in [0.1, 0.15) is 43.9 Å². The summed E-state index contributed by atoms with van der Waals surface area (Å²) in [4.78, 5) is 32.3. The van der Waals surface area contributed by atoms with Gasteiger partial charge in [-0.1, -0.05) is 123 Å². The molecule has 0 unspecified atom stereocenters. The van der Waals surface area contributed by atoms with Crippen molar-refractivity contribution < 1.29 is 13.9 Å². The number of carbonyl (C=O) groups is 1. The number of fused-ring (bicyclic) bond motifs is 1. The second kappa shape index (κ2) is 13.8. The van der Waals surface area contributed by atoms with Crippen molar-refractivity contribution in [1.82, 2.24) is 24.5 Å². The highest BCUT2D eigenvalue weighted by molar-refractivity contribution is 6.29. The summed E-state index contributed by atoms with van der Waals surface area (Å²) in [5.41, 5.74) is 4.13. The van der Waals surface area contributed by atoms with Gasteiger partial charge in [-0.2, -0.15) is 0 Å². The van der Waals surface area contributed by atoms with E-state index in [0.717, 1.165) is 16.7 Å². The van der Waals surface area contributed by atoms with Gasteiger partial charge in [-0.05, 0) is 34.2 Å². The molecule has 9 nitrogen and oxygen atoms in total. The molecule has 256 valence electrons. The van der Waals surface area contributed by atoms with E-state index in [-0.39, 0.29) is 29.0 Å². The molecule has 0 spiro atoms. The number of hydrogen-bond acceptors (Lipinski definition) is 8. The van der Waals surface area contributed by atoms with Gasteiger partial charge in [0.2, 0.25) is 0 Å². The number of nitrogens with one attached hydrogen (secondary N) is 1. The fourth-order valence-electron chi connectivity index (χ4n) is 6.54. The predicted octanol–water partition coefficient (Wildman–Crippen LogP) is 9.03. The molecule has 7 aromatic rings. The number of anilines is 1. The summed E-state index contributed by atoms with van der Waals surface area (Å²) in [7, 11) is 1.39. The largest absolute Gasteiger partial charge is 0.469 e. The van der Waals surface area contributed by atoms with Crippen molar-refractivity contribution >= 4 is 34.6 Å². The van der Waals surface area contributed by atoms with Gasteiger partial charge in [-0.25, -0.2) is 19.9 Å². The molecule has 0 amide bonds. The molecule has 0 radical (unpaired) electrons. The Morgan fingerprint density at radius 1 is 0.863 bits per heavy atom. The zero-order valence-electron chi connectivity index (χ0n) is 28.7. The minimum absolute atomic E-state index is 0.142. The number of ether oxygens (including phenoxy) is 1. The molecular weight excluding hydrogens is 660 g/mol. The summed E-state index contributed by atoms with van der Waals surface area (Å²) in [6.07, 6.45) is 5.31. The average molecular weight is 697 g/mol. The summed E-state index contributed by atoms with van der Waals surface area (Å²) in [5.74, 6) is 1.11. The van der Waals surface area contributed by atoms with Crippen molar-refractivity contribution in [2.75, 3.05) is 12.4 Å². The van der Waals surface area contributed by atoms with E-state index in [9.17, 15) is 4.79 Å². The SMILES string of the molecule is COC(=O)C[C@@H](Nc1cc(-c2ccco2)nc(-c2cn(C(c3ccccc3)(c3ccccc3)c3ccccc3)c3ncc(Cl)nc23)n1)C(C)(C)C. The van der Waals surface area contributed by atoms with E-state index in [1.807, 2.05) is 79.0 Å². The number of hydrogen-bond donors (Lipinski definition) is 1. The molecule has 0 fully saturated rings. The molecule has 0 aliphatic rings. The highest BCUT2D eigenvalue weighted by atomic mass is 35.5. The summed E-state index contributed by atoms with van der Waals surface area (Å²) < 4.78 is 13.0. The van der Waals surface area contributed by atoms with Crippen LogP contribution in [0, 0.1) is 5.41 Å². The Labute approximate surface area is 301 Å². The lowest BCUT2D eigenvalue weighted by molar-refractivity contribution is -0.141. The van der Waals surface area contributed by atoms with Crippen molar-refractivity contribution in [3.8, 4) is 22.8 Å². The van der Waals surface area contributed by atoms with Gasteiger partial charge in [0.25, 0.3) is 0 Å². The zero-order valence-corrected chi connectivity index (χ0v) is 29.5. The Hall–Kier alpha value is -5.80. The van der Waals surface area contributed by atoms with Gasteiger partial charge in [0.15, 0.2) is 17.2 Å². The number of nitrogens with zero attached hydrogens (tertiary/aromatic N) is 5. The van der Waals surface area contributed by atoms with Crippen LogP contribution in [0.3, 0.4) is 0 Å². The fourth-order valence-corrected chi connectivity index (χ4v) is 6.67. The monoisotopic (exact) mass is 696 g/mol. The molecular formula is C41H37ClN6O3. The third kappa shape index (κ3) is 6.48. The van der Waals surface area contributed by atoms with Crippen molar-refractivity contribution in [3.05, 3.63) is 150 Å². The number of furan rings is 1. The molecule has 0 saturated heterocycles. The molecule has 10 heteroatoms. The van der Waals surface area contributed by atoms with Crippen LogP contribution in [-0.2, 0) is 15.1 Å². The van der Waals surface area contributed by atoms with Gasteiger partial charge in [0.05, 0.1) is 31.6 Å². The smallest absolute Gasteiger partial charge is 0.307 e. The molecule has 0 aliphatic carbocycles. The lowest BCUT2D eigenvalue weighted by Gasteiger charge is -2.38. The van der Waals surface area contributed by atoms with Crippen LogP contribution in [0.2, 0.25) is 5.15 Å². The van der Waals surface area contributed by atoms with Crippen LogP contribution < -0.4 is 5.32 Å². The second-order valence-electron chi connectivity index (χ2n) is 13.4. The number of halogens is 1. The number of carbonyl (C=O) groups excluding carboxylic acids is 1. The Balaban J connectivity index is 1.52. The number of aromatic nitrogens is 5. The quantitative estimate of drug-likeness (QED) is 0.112. The fraction of sp³-hybridized carbons (Fsp3) is 0.195. The van der Waals surface area contributed by atoms with Crippen LogP contribution in [0.15, 0.2) is 132 Å². The summed E-state index contributed by atoms with van der Waals surface area (Å²) in [6.45, 7) is 6.18. The van der Waals surface area contributed by atoms with E-state index >= 15 is 0 Å². The van der Waals surface area contributed by atoms with E-state index in [2.05, 4.69) is 67.1 Å². The van der Waals surface area contributed by atoms with E-state index in [1.165, 1.54) is 7.11 Å². The van der Waals surface area contributed by atoms with Gasteiger partial charge in [-0.3, -0.25) is 4.79 Å². The first-order chi connectivity index (χ1) is 24.7. The highest BCUT2D eigenvalue weighted by Gasteiger charge is 2.40. The van der Waals surface area contributed by atoms with Gasteiger partial charge < -0.3 is 19.0 Å². The number of methoxy groups -OCH3 is 1. The standard InChI is InChI=1S/C41H37ClN6O3/c1-40(2,3)33(24-36(49)50-4)45-35-23-31(32-21-14-22-51-32)44-38(47-35)30-26-48(39-37(30)46-34(42)25-43-39)41(27-15-8-5-9-16-27,28-17-10-6-11-18-28)29-19-12-7-13-20-29/h5-23,25-26,33H,24H2,1-4H3,(H,44,45,47)/t33-/m1/s1. The number of esters is 1. The molecule has 3 aromatic carbocycles. The minimum Gasteiger partial charge on any atom is -0.469 e. The van der Waals surface area contributed by atoms with Crippen molar-refractivity contribution in [3.63, 3.8) is 0 Å². The zero-order chi connectivity index (χ0) is 35.6. The van der Waals surface area contributed by atoms with E-state index < -0.39 is 5.54 Å². The summed E-state index contributed by atoms with van der Waals surface area (Å²) in [6, 6.07) is 36.2. The molecule has 0 saturated carbocycles. The van der Waals surface area contributed by atoms with Crippen LogP contribution in [0.4, 0.5) is 5.82 Å². The van der Waals surface area contributed by atoms with Gasteiger partial charge in [-0.15, -0.1) is 0 Å². The first kappa shape index (κ1) is 33.7. The molecule has 7 rings (SSSR count). The van der Waals surface area contributed by atoms with Crippen LogP contribution in [0.5, 0.6) is 0 Å². The molecule has 0 bridgehead atoms. The van der Waals surface area contributed by atoms with Crippen LogP contribution >= 0.6 is 11.6 Å². The third-order valence-electron chi connectivity index (χ3n) is 9.11. The Morgan fingerprint density at radius 3 is 2.00 bits per heavy atom. The number of rotatable bonds is 10. The molecule has 0 aliphatic heterocycles. The maximum atomic E-state index is 12.5. The first-order valence-corrected chi connectivity index (χ1v) is 17.0. The van der Waals surface area contributed by atoms with E-state index in [0.29, 0.717) is 39.8 Å². The van der Waals surface area contributed by atoms with E-state index in [4.69, 9.17) is 40.7 Å². The Bertz CT molecular complexity index is 2170. The normalized spacial score (nSPS) is 12.5. The van der Waals surface area contributed by atoms with E-state index in [1.54, 1.807) is 12.5 Å². The lowest BCUT2D eigenvalue weighted by Crippen LogP contribution is -2.37. The first-order valence-electron chi connectivity index (χ1n) is 16.7. The van der Waals surface area contributed by atoms with Crippen molar-refractivity contribution in [1.29, 1.82) is 0 Å². The minimum atomic E-state index is -0.889. The van der Waals surface area contributed by atoms with Crippen LogP contribution in [0.25, 0.3) is 34.0 Å². The second-order valence-corrected chi connectivity index (χ2v) is 13.8. The highest BCUT2D eigenvalue weighted by Crippen LogP contribution is 2.44. The summed E-state index contributed by atoms with van der Waals surface area (Å²) >= 11 is 6.58. The maximum absolute atomic E-state index is 12.5. The van der Waals surface area contributed by atoms with Gasteiger partial charge in [0, 0.05) is 18.3 Å². The topological polar surface area (TPSA) is 108 Å². The predicted molar refractivity (Wildman–Crippen MR) is 199 cm³/mol. The molecule has 1 N–H and O–H groups in total. The maximum Gasteiger partial charge on any atom is 0.307 e. The molecule has 4 heterocycles. The van der Waals surface area contributed by atoms with Crippen molar-refractivity contribution in [2.24, 2.45) is 5.41 Å². The molecule has 1 atom stereocenters. The van der Waals surface area contributed by atoms with Gasteiger partial charge >= 0.3 is 5.97 Å². The molecule has 4 aromatic heterocycles. The average Bonchev–Trinajstić information content (AvgIpc) is 3.82. The number of benzene rings is 3. The Kier molecular flexibility index (Phi) is 9.14. The van der Waals surface area contributed by atoms with Gasteiger partial charge in [0.1, 0.15) is 27.7 Å². The summed E-state index contributed by atoms with van der Waals surface area (Å²) in [5, 5.41) is 3.74. The third-order valence-corrected chi connectivity index (χ3v) is 9.29. The lowest BCUT2D eigenvalue weighted by atomic mass is 9.76.